The first-order valence-electron chi connectivity index (χ1n) is 8.02. The molecule has 0 saturated carbocycles. The van der Waals surface area contributed by atoms with Gasteiger partial charge in [0.2, 0.25) is 11.8 Å². The predicted octanol–water partition coefficient (Wildman–Crippen LogP) is 0.966. The topological polar surface area (TPSA) is 79.0 Å². The minimum Gasteiger partial charge on any atom is -0.465 e. The van der Waals surface area contributed by atoms with E-state index in [9.17, 15) is 14.4 Å². The highest BCUT2D eigenvalue weighted by Crippen LogP contribution is 2.16. The number of hydrogen-bond donors (Lipinski definition) is 1. The van der Waals surface area contributed by atoms with Gasteiger partial charge in [-0.3, -0.25) is 9.59 Å². The maximum absolute atomic E-state index is 12.2. The lowest BCUT2D eigenvalue weighted by Crippen LogP contribution is -2.49. The molecule has 130 valence electrons. The second-order valence-corrected chi connectivity index (χ2v) is 5.58. The van der Waals surface area contributed by atoms with E-state index in [1.165, 1.54) is 7.11 Å². The van der Waals surface area contributed by atoms with E-state index in [0.717, 1.165) is 19.6 Å². The number of nitrogens with one attached hydrogen (secondary N) is 1. The zero-order chi connectivity index (χ0) is 17.5. The van der Waals surface area contributed by atoms with Crippen molar-refractivity contribution in [1.82, 2.24) is 9.80 Å². The average molecular weight is 333 g/mol. The first-order chi connectivity index (χ1) is 11.5. The van der Waals surface area contributed by atoms with Gasteiger partial charge in [-0.2, -0.15) is 0 Å². The number of hydrogen-bond acceptors (Lipinski definition) is 5. The molecule has 0 aliphatic carbocycles. The van der Waals surface area contributed by atoms with Crippen LogP contribution in [-0.4, -0.2) is 67.4 Å². The van der Waals surface area contributed by atoms with E-state index in [1.54, 1.807) is 29.2 Å². The summed E-state index contributed by atoms with van der Waals surface area (Å²) < 4.78 is 4.69. The fraction of sp³-hybridized carbons (Fsp3) is 0.471. The lowest BCUT2D eigenvalue weighted by atomic mass is 10.1. The Morgan fingerprint density at radius 2 is 1.79 bits per heavy atom. The number of carbonyl (C=O) groups excluding carboxylic acids is 3. The third kappa shape index (κ3) is 4.55. The highest BCUT2D eigenvalue weighted by atomic mass is 16.5. The van der Waals surface area contributed by atoms with Crippen molar-refractivity contribution in [2.45, 2.75) is 13.3 Å². The van der Waals surface area contributed by atoms with E-state index in [2.05, 4.69) is 21.9 Å². The number of ether oxygens (including phenoxy) is 1. The van der Waals surface area contributed by atoms with Crippen LogP contribution < -0.4 is 5.32 Å². The fourth-order valence-corrected chi connectivity index (χ4v) is 2.64. The highest BCUT2D eigenvalue weighted by molar-refractivity contribution is 6.06. The van der Waals surface area contributed by atoms with Crippen molar-refractivity contribution in [3.05, 3.63) is 29.8 Å². The molecule has 0 aromatic heterocycles. The number of esters is 1. The van der Waals surface area contributed by atoms with E-state index >= 15 is 0 Å². The molecule has 0 bridgehead atoms. The summed E-state index contributed by atoms with van der Waals surface area (Å²) in [5, 5.41) is 2.62. The van der Waals surface area contributed by atoms with Gasteiger partial charge in [0, 0.05) is 26.2 Å². The number of piperazine rings is 1. The molecule has 1 N–H and O–H groups in total. The number of benzene rings is 1. The SMILES string of the molecule is CCN1CCN(C(=O)CC(=O)Nc2ccccc2C(=O)OC)CC1. The summed E-state index contributed by atoms with van der Waals surface area (Å²) in [6.07, 6.45) is -0.234. The molecular weight excluding hydrogens is 310 g/mol. The Labute approximate surface area is 141 Å². The molecule has 7 heteroatoms. The van der Waals surface area contributed by atoms with Crippen molar-refractivity contribution < 1.29 is 19.1 Å². The van der Waals surface area contributed by atoms with Crippen molar-refractivity contribution >= 4 is 23.5 Å². The molecule has 1 aliphatic rings. The molecule has 1 saturated heterocycles. The second-order valence-electron chi connectivity index (χ2n) is 5.58. The number of rotatable bonds is 5. The molecule has 0 spiro atoms. The molecule has 1 aromatic rings. The van der Waals surface area contributed by atoms with Crippen LogP contribution in [-0.2, 0) is 14.3 Å². The van der Waals surface area contributed by atoms with Gasteiger partial charge in [-0.25, -0.2) is 4.79 Å². The number of likely N-dealkylation sites (N-methyl/N-ethyl adjacent to an activating group) is 1. The average Bonchev–Trinajstić information content (AvgIpc) is 2.61. The summed E-state index contributed by atoms with van der Waals surface area (Å²) in [7, 11) is 1.28. The normalized spacial score (nSPS) is 15.0. The Kier molecular flexibility index (Phi) is 6.31. The van der Waals surface area contributed by atoms with Crippen LogP contribution in [0.1, 0.15) is 23.7 Å². The van der Waals surface area contributed by atoms with E-state index in [4.69, 9.17) is 0 Å². The fourth-order valence-electron chi connectivity index (χ4n) is 2.64. The number of methoxy groups -OCH3 is 1. The zero-order valence-electron chi connectivity index (χ0n) is 14.1. The molecular formula is C17H23N3O4. The van der Waals surface area contributed by atoms with E-state index in [1.807, 2.05) is 0 Å². The van der Waals surface area contributed by atoms with Crippen molar-refractivity contribution in [2.24, 2.45) is 0 Å². The number of para-hydroxylation sites is 1. The van der Waals surface area contributed by atoms with Gasteiger partial charge in [0.15, 0.2) is 0 Å². The summed E-state index contributed by atoms with van der Waals surface area (Å²) in [6, 6.07) is 6.55. The maximum Gasteiger partial charge on any atom is 0.339 e. The van der Waals surface area contributed by atoms with Crippen molar-refractivity contribution in [1.29, 1.82) is 0 Å². The quantitative estimate of drug-likeness (QED) is 0.641. The van der Waals surface area contributed by atoms with Gasteiger partial charge in [0.1, 0.15) is 6.42 Å². The van der Waals surface area contributed by atoms with E-state index in [-0.39, 0.29) is 17.9 Å². The smallest absolute Gasteiger partial charge is 0.339 e. The molecule has 2 rings (SSSR count). The third-order valence-corrected chi connectivity index (χ3v) is 4.09. The molecule has 2 amide bonds. The van der Waals surface area contributed by atoms with Crippen LogP contribution in [0.4, 0.5) is 5.69 Å². The van der Waals surface area contributed by atoms with Gasteiger partial charge in [-0.15, -0.1) is 0 Å². The number of carbonyl (C=O) groups is 3. The largest absolute Gasteiger partial charge is 0.465 e. The highest BCUT2D eigenvalue weighted by Gasteiger charge is 2.22. The number of nitrogens with zero attached hydrogens (tertiary/aromatic N) is 2. The first-order valence-corrected chi connectivity index (χ1v) is 8.02. The predicted molar refractivity (Wildman–Crippen MR) is 89.7 cm³/mol. The third-order valence-electron chi connectivity index (χ3n) is 4.09. The van der Waals surface area contributed by atoms with Crippen molar-refractivity contribution in [2.75, 3.05) is 45.2 Å². The molecule has 0 atom stereocenters. The van der Waals surface area contributed by atoms with Crippen molar-refractivity contribution in [3.8, 4) is 0 Å². The summed E-state index contributed by atoms with van der Waals surface area (Å²) in [6.45, 7) is 5.98. The lowest BCUT2D eigenvalue weighted by Gasteiger charge is -2.34. The van der Waals surface area contributed by atoms with Gasteiger partial charge in [0.05, 0.1) is 18.4 Å². The molecule has 1 aromatic carbocycles. The van der Waals surface area contributed by atoms with Crippen LogP contribution in [0.5, 0.6) is 0 Å². The Hall–Kier alpha value is -2.41. The molecule has 0 unspecified atom stereocenters. The Morgan fingerprint density at radius 1 is 1.12 bits per heavy atom. The summed E-state index contributed by atoms with van der Waals surface area (Å²) in [5.41, 5.74) is 0.607. The Bertz CT molecular complexity index is 610. The van der Waals surface area contributed by atoms with Crippen LogP contribution in [0.2, 0.25) is 0 Å². The summed E-state index contributed by atoms with van der Waals surface area (Å²) in [5.74, 6) is -1.17. The molecule has 7 nitrogen and oxygen atoms in total. The monoisotopic (exact) mass is 333 g/mol. The minimum atomic E-state index is -0.534. The van der Waals surface area contributed by atoms with Gasteiger partial charge in [0.25, 0.3) is 0 Å². The number of amides is 2. The van der Waals surface area contributed by atoms with Crippen LogP contribution in [0.25, 0.3) is 0 Å². The number of anilines is 1. The van der Waals surface area contributed by atoms with Gasteiger partial charge >= 0.3 is 5.97 Å². The summed E-state index contributed by atoms with van der Waals surface area (Å²) >= 11 is 0. The molecule has 24 heavy (non-hydrogen) atoms. The van der Waals surface area contributed by atoms with E-state index < -0.39 is 11.9 Å². The van der Waals surface area contributed by atoms with Crippen LogP contribution in [0.3, 0.4) is 0 Å². The standard InChI is InChI=1S/C17H23N3O4/c1-3-19-8-10-20(11-9-19)16(22)12-15(21)18-14-7-5-4-6-13(14)17(23)24-2/h4-7H,3,8-12H2,1-2H3,(H,18,21). The maximum atomic E-state index is 12.2. The van der Waals surface area contributed by atoms with Gasteiger partial charge in [-0.05, 0) is 18.7 Å². The first kappa shape index (κ1) is 17.9. The summed E-state index contributed by atoms with van der Waals surface area (Å²) in [4.78, 5) is 40.0. The van der Waals surface area contributed by atoms with Crippen LogP contribution in [0.15, 0.2) is 24.3 Å². The van der Waals surface area contributed by atoms with Crippen LogP contribution in [0, 0.1) is 0 Å². The molecule has 1 fully saturated rings. The zero-order valence-corrected chi connectivity index (χ0v) is 14.1. The Balaban J connectivity index is 1.92. The molecule has 0 radical (unpaired) electrons. The van der Waals surface area contributed by atoms with Crippen LogP contribution >= 0.6 is 0 Å². The molecule has 1 heterocycles. The minimum absolute atomic E-state index is 0.196. The van der Waals surface area contributed by atoms with E-state index in [0.29, 0.717) is 18.8 Å². The second kappa shape index (κ2) is 8.44. The molecule has 1 aliphatic heterocycles. The lowest BCUT2D eigenvalue weighted by molar-refractivity contribution is -0.136. The Morgan fingerprint density at radius 3 is 2.42 bits per heavy atom. The van der Waals surface area contributed by atoms with Gasteiger partial charge in [-0.1, -0.05) is 19.1 Å². The van der Waals surface area contributed by atoms with Gasteiger partial charge < -0.3 is 19.9 Å². The van der Waals surface area contributed by atoms with Crippen molar-refractivity contribution in [3.63, 3.8) is 0 Å².